The number of piperidine rings is 1. The first kappa shape index (κ1) is 13.8. The van der Waals surface area contributed by atoms with Gasteiger partial charge < -0.3 is 15.5 Å². The Labute approximate surface area is 114 Å². The van der Waals surface area contributed by atoms with Crippen molar-refractivity contribution in [2.24, 2.45) is 0 Å². The molecule has 0 aromatic carbocycles. The van der Waals surface area contributed by atoms with Crippen LogP contribution in [-0.2, 0) is 0 Å². The van der Waals surface area contributed by atoms with E-state index in [1.807, 2.05) is 19.2 Å². The van der Waals surface area contributed by atoms with Crippen molar-refractivity contribution in [3.8, 4) is 0 Å². The van der Waals surface area contributed by atoms with Crippen molar-refractivity contribution in [1.29, 1.82) is 0 Å². The number of carbonyl (C=O) groups excluding carboxylic acids is 1. The number of hydrogen-bond acceptors (Lipinski definition) is 4. The Kier molecular flexibility index (Phi) is 4.74. The maximum absolute atomic E-state index is 11.7. The Morgan fingerprint density at radius 2 is 2.32 bits per heavy atom. The van der Waals surface area contributed by atoms with Crippen LogP contribution in [0.2, 0.25) is 0 Å². The Morgan fingerprint density at radius 3 is 3.05 bits per heavy atom. The van der Waals surface area contributed by atoms with Gasteiger partial charge in [-0.3, -0.25) is 9.78 Å². The number of nitrogens with zero attached hydrogens (tertiary/aromatic N) is 2. The van der Waals surface area contributed by atoms with Gasteiger partial charge in [0.2, 0.25) is 0 Å². The number of nitrogens with one attached hydrogen (secondary N) is 2. The first-order valence-corrected chi connectivity index (χ1v) is 6.85. The van der Waals surface area contributed by atoms with Gasteiger partial charge in [0, 0.05) is 38.1 Å². The molecule has 5 heteroatoms. The van der Waals surface area contributed by atoms with Crippen molar-refractivity contribution in [2.75, 3.05) is 32.1 Å². The second-order valence-electron chi connectivity index (χ2n) is 4.88. The first-order valence-electron chi connectivity index (χ1n) is 6.85. The molecule has 1 aromatic heterocycles. The molecule has 0 bridgehead atoms. The molecule has 1 saturated heterocycles. The number of aromatic nitrogens is 1. The van der Waals surface area contributed by atoms with Crippen LogP contribution in [0.15, 0.2) is 18.3 Å². The van der Waals surface area contributed by atoms with E-state index in [-0.39, 0.29) is 5.91 Å². The van der Waals surface area contributed by atoms with E-state index in [1.165, 1.54) is 19.3 Å². The average Bonchev–Trinajstić information content (AvgIpc) is 2.47. The third kappa shape index (κ3) is 3.23. The van der Waals surface area contributed by atoms with Crippen molar-refractivity contribution >= 4 is 11.6 Å². The molecule has 1 unspecified atom stereocenters. The highest BCUT2D eigenvalue weighted by Crippen LogP contribution is 2.24. The van der Waals surface area contributed by atoms with Crippen molar-refractivity contribution < 1.29 is 4.79 Å². The zero-order valence-electron chi connectivity index (χ0n) is 11.6. The molecule has 2 heterocycles. The van der Waals surface area contributed by atoms with Gasteiger partial charge in [-0.15, -0.1) is 0 Å². The molecule has 2 N–H and O–H groups in total. The predicted molar refractivity (Wildman–Crippen MR) is 76.5 cm³/mol. The van der Waals surface area contributed by atoms with Crippen LogP contribution in [0.25, 0.3) is 0 Å². The van der Waals surface area contributed by atoms with Crippen LogP contribution in [0, 0.1) is 0 Å². The van der Waals surface area contributed by atoms with Crippen molar-refractivity contribution in [1.82, 2.24) is 15.6 Å². The highest BCUT2D eigenvalue weighted by molar-refractivity contribution is 5.92. The van der Waals surface area contributed by atoms with Crippen LogP contribution in [0.5, 0.6) is 0 Å². The SMILES string of the molecule is CNCC1CCCCN1c1ccnc(C(=O)NC)c1. The van der Waals surface area contributed by atoms with Crippen molar-refractivity contribution in [3.05, 3.63) is 24.0 Å². The van der Waals surface area contributed by atoms with Crippen molar-refractivity contribution in [2.45, 2.75) is 25.3 Å². The third-order valence-electron chi connectivity index (χ3n) is 3.60. The van der Waals surface area contributed by atoms with Gasteiger partial charge in [-0.2, -0.15) is 0 Å². The van der Waals surface area contributed by atoms with E-state index in [4.69, 9.17) is 0 Å². The molecule has 1 amide bonds. The molecule has 0 spiro atoms. The minimum Gasteiger partial charge on any atom is -0.367 e. The number of carbonyl (C=O) groups is 1. The number of pyridine rings is 1. The van der Waals surface area contributed by atoms with Gasteiger partial charge in [-0.1, -0.05) is 0 Å². The molecule has 0 radical (unpaired) electrons. The standard InChI is InChI=1S/C14H22N4O/c1-15-10-12-5-3-4-8-18(12)11-6-7-17-13(9-11)14(19)16-2/h6-7,9,12,15H,3-5,8,10H2,1-2H3,(H,16,19). The fourth-order valence-electron chi connectivity index (χ4n) is 2.64. The van der Waals surface area contributed by atoms with Crippen LogP contribution < -0.4 is 15.5 Å². The lowest BCUT2D eigenvalue weighted by atomic mass is 10.0. The fourth-order valence-corrected chi connectivity index (χ4v) is 2.64. The lowest BCUT2D eigenvalue weighted by Crippen LogP contribution is -2.45. The number of anilines is 1. The predicted octanol–water partition coefficient (Wildman–Crippen LogP) is 1.02. The second-order valence-corrected chi connectivity index (χ2v) is 4.88. The third-order valence-corrected chi connectivity index (χ3v) is 3.60. The zero-order valence-corrected chi connectivity index (χ0v) is 11.6. The summed E-state index contributed by atoms with van der Waals surface area (Å²) in [6, 6.07) is 4.37. The van der Waals surface area contributed by atoms with Crippen LogP contribution in [0.3, 0.4) is 0 Å². The van der Waals surface area contributed by atoms with E-state index in [9.17, 15) is 4.79 Å². The van der Waals surface area contributed by atoms with Gasteiger partial charge in [0.05, 0.1) is 0 Å². The van der Waals surface area contributed by atoms with Gasteiger partial charge in [0.1, 0.15) is 5.69 Å². The Bertz CT molecular complexity index is 433. The summed E-state index contributed by atoms with van der Waals surface area (Å²) in [6.07, 6.45) is 5.39. The van der Waals surface area contributed by atoms with Crippen LogP contribution in [0.1, 0.15) is 29.8 Å². The van der Waals surface area contributed by atoms with Gasteiger partial charge >= 0.3 is 0 Å². The summed E-state index contributed by atoms with van der Waals surface area (Å²) in [6.45, 7) is 2.02. The Hall–Kier alpha value is -1.62. The van der Waals surface area contributed by atoms with Crippen LogP contribution >= 0.6 is 0 Å². The Balaban J connectivity index is 2.21. The molecular weight excluding hydrogens is 240 g/mol. The minimum atomic E-state index is -0.135. The summed E-state index contributed by atoms with van der Waals surface area (Å²) in [5, 5.41) is 5.86. The van der Waals surface area contributed by atoms with E-state index < -0.39 is 0 Å². The highest BCUT2D eigenvalue weighted by atomic mass is 16.1. The summed E-state index contributed by atoms with van der Waals surface area (Å²) in [7, 11) is 3.61. The molecule has 1 aliphatic heterocycles. The van der Waals surface area contributed by atoms with Gasteiger partial charge in [-0.25, -0.2) is 0 Å². The Morgan fingerprint density at radius 1 is 1.47 bits per heavy atom. The van der Waals surface area contributed by atoms with Gasteiger partial charge in [0.15, 0.2) is 0 Å². The number of likely N-dealkylation sites (N-methyl/N-ethyl adjacent to an activating group) is 1. The lowest BCUT2D eigenvalue weighted by Gasteiger charge is -2.37. The topological polar surface area (TPSA) is 57.3 Å². The van der Waals surface area contributed by atoms with Crippen LogP contribution in [-0.4, -0.2) is 44.1 Å². The van der Waals surface area contributed by atoms with E-state index >= 15 is 0 Å². The summed E-state index contributed by atoms with van der Waals surface area (Å²) in [5.74, 6) is -0.135. The fraction of sp³-hybridized carbons (Fsp3) is 0.571. The van der Waals surface area contributed by atoms with E-state index in [0.717, 1.165) is 18.8 Å². The quantitative estimate of drug-likeness (QED) is 0.850. The normalized spacial score (nSPS) is 19.3. The molecule has 104 valence electrons. The average molecular weight is 262 g/mol. The zero-order chi connectivity index (χ0) is 13.7. The summed E-state index contributed by atoms with van der Waals surface area (Å²) >= 11 is 0. The largest absolute Gasteiger partial charge is 0.367 e. The number of hydrogen-bond donors (Lipinski definition) is 2. The molecular formula is C14H22N4O. The summed E-state index contributed by atoms with van der Waals surface area (Å²) < 4.78 is 0. The minimum absolute atomic E-state index is 0.135. The lowest BCUT2D eigenvalue weighted by molar-refractivity contribution is 0.0958. The smallest absolute Gasteiger partial charge is 0.269 e. The van der Waals surface area contributed by atoms with E-state index in [0.29, 0.717) is 11.7 Å². The summed E-state index contributed by atoms with van der Waals surface area (Å²) in [4.78, 5) is 18.2. The van der Waals surface area contributed by atoms with E-state index in [2.05, 4.69) is 20.5 Å². The highest BCUT2D eigenvalue weighted by Gasteiger charge is 2.22. The summed E-state index contributed by atoms with van der Waals surface area (Å²) in [5.41, 5.74) is 1.57. The van der Waals surface area contributed by atoms with E-state index in [1.54, 1.807) is 13.2 Å². The van der Waals surface area contributed by atoms with Gasteiger partial charge in [0.25, 0.3) is 5.91 Å². The maximum atomic E-state index is 11.7. The molecule has 1 aliphatic rings. The number of amides is 1. The van der Waals surface area contributed by atoms with Crippen molar-refractivity contribution in [3.63, 3.8) is 0 Å². The van der Waals surface area contributed by atoms with Gasteiger partial charge in [-0.05, 0) is 38.4 Å². The number of rotatable bonds is 4. The first-order chi connectivity index (χ1) is 9.26. The molecule has 0 saturated carbocycles. The second kappa shape index (κ2) is 6.52. The molecule has 1 atom stereocenters. The molecule has 1 fully saturated rings. The molecule has 0 aliphatic carbocycles. The monoisotopic (exact) mass is 262 g/mol. The molecule has 2 rings (SSSR count). The molecule has 5 nitrogen and oxygen atoms in total. The molecule has 1 aromatic rings. The van der Waals surface area contributed by atoms with Crippen LogP contribution in [0.4, 0.5) is 5.69 Å². The maximum Gasteiger partial charge on any atom is 0.269 e. The molecule has 19 heavy (non-hydrogen) atoms.